The summed E-state index contributed by atoms with van der Waals surface area (Å²) in [6.07, 6.45) is 0. The Hall–Kier alpha value is 0.830. The summed E-state index contributed by atoms with van der Waals surface area (Å²) in [6, 6.07) is 0. The van der Waals surface area contributed by atoms with Crippen molar-refractivity contribution < 1.29 is 0 Å². The van der Waals surface area contributed by atoms with Crippen molar-refractivity contribution in [3.8, 4) is 0 Å². The fourth-order valence-corrected chi connectivity index (χ4v) is 5.81. The van der Waals surface area contributed by atoms with Crippen LogP contribution in [-0.4, -0.2) is 27.3 Å². The molecule has 0 radical (unpaired) electrons. The first-order valence-electron chi connectivity index (χ1n) is 3.19. The van der Waals surface area contributed by atoms with E-state index in [1.54, 1.807) is 0 Å². The van der Waals surface area contributed by atoms with Gasteiger partial charge in [0.25, 0.3) is 0 Å². The number of hydrogen-bond acceptors (Lipinski definition) is 1. The molecular formula is C6H16InN. The minimum atomic E-state index is -1.13. The summed E-state index contributed by atoms with van der Waals surface area (Å²) in [7, 11) is 0. The van der Waals surface area contributed by atoms with Crippen LogP contribution in [0.15, 0.2) is 0 Å². The van der Waals surface area contributed by atoms with Crippen molar-refractivity contribution in [3.63, 3.8) is 0 Å². The van der Waals surface area contributed by atoms with Gasteiger partial charge in [-0.15, -0.1) is 0 Å². The molecular weight excluding hydrogens is 201 g/mol. The van der Waals surface area contributed by atoms with Crippen LogP contribution in [0.5, 0.6) is 0 Å². The quantitative estimate of drug-likeness (QED) is 0.703. The van der Waals surface area contributed by atoms with Gasteiger partial charge in [-0.25, -0.2) is 0 Å². The number of rotatable bonds is 1. The average Bonchev–Trinajstić information content (AvgIpc) is 1.21. The SMILES string of the molecule is [CH3][In]([CH3])[NH]C(C)(C)C. The second-order valence-corrected chi connectivity index (χ2v) is 11.0. The molecule has 0 unspecified atom stereocenters. The van der Waals surface area contributed by atoms with E-state index >= 15 is 0 Å². The van der Waals surface area contributed by atoms with Crippen molar-refractivity contribution in [2.75, 3.05) is 0 Å². The molecule has 0 aliphatic carbocycles. The van der Waals surface area contributed by atoms with Gasteiger partial charge in [0.15, 0.2) is 0 Å². The van der Waals surface area contributed by atoms with Crippen molar-refractivity contribution in [1.82, 2.24) is 3.30 Å². The van der Waals surface area contributed by atoms with Gasteiger partial charge in [0.1, 0.15) is 0 Å². The normalized spacial score (nSPS) is 11.6. The fourth-order valence-electron chi connectivity index (χ4n) is 0.866. The second-order valence-electron chi connectivity index (χ2n) is 3.55. The van der Waals surface area contributed by atoms with Crippen LogP contribution >= 0.6 is 0 Å². The van der Waals surface area contributed by atoms with E-state index in [2.05, 4.69) is 33.4 Å². The molecule has 0 aromatic heterocycles. The van der Waals surface area contributed by atoms with Gasteiger partial charge >= 0.3 is 60.7 Å². The fraction of sp³-hybridized carbons (Fsp3) is 1.00. The van der Waals surface area contributed by atoms with Crippen LogP contribution in [-0.2, 0) is 0 Å². The summed E-state index contributed by atoms with van der Waals surface area (Å²) < 4.78 is 8.33. The first kappa shape index (κ1) is 8.83. The minimum absolute atomic E-state index is 0.365. The predicted octanol–water partition coefficient (Wildman–Crippen LogP) is 1.63. The summed E-state index contributed by atoms with van der Waals surface area (Å²) >= 11 is -1.13. The van der Waals surface area contributed by atoms with Crippen LogP contribution in [0.1, 0.15) is 20.8 Å². The van der Waals surface area contributed by atoms with Crippen molar-refractivity contribution >= 4 is 21.7 Å². The Labute approximate surface area is 60.8 Å². The third kappa shape index (κ3) is 6.83. The molecule has 0 saturated heterocycles. The molecule has 0 bridgehead atoms. The Morgan fingerprint density at radius 2 is 1.50 bits per heavy atom. The van der Waals surface area contributed by atoms with Crippen LogP contribution in [0.25, 0.3) is 0 Å². The maximum absolute atomic E-state index is 3.59. The van der Waals surface area contributed by atoms with Crippen molar-refractivity contribution in [2.45, 2.75) is 35.7 Å². The van der Waals surface area contributed by atoms with E-state index in [4.69, 9.17) is 0 Å². The maximum atomic E-state index is 3.59. The molecule has 0 aliphatic rings. The first-order valence-corrected chi connectivity index (χ1v) is 11.4. The summed E-state index contributed by atoms with van der Waals surface area (Å²) in [5.41, 5.74) is 0.365. The number of hydrogen-bond donors (Lipinski definition) is 1. The average molecular weight is 217 g/mol. The zero-order valence-electron chi connectivity index (χ0n) is 6.58. The van der Waals surface area contributed by atoms with E-state index in [0.29, 0.717) is 5.54 Å². The molecule has 0 aliphatic heterocycles. The van der Waals surface area contributed by atoms with E-state index in [1.807, 2.05) is 0 Å². The molecule has 1 N–H and O–H groups in total. The molecule has 1 nitrogen and oxygen atoms in total. The molecule has 0 aromatic carbocycles. The van der Waals surface area contributed by atoms with Crippen molar-refractivity contribution in [1.29, 1.82) is 0 Å². The third-order valence-corrected chi connectivity index (χ3v) is 4.84. The molecule has 48 valence electrons. The second kappa shape index (κ2) is 3.11. The van der Waals surface area contributed by atoms with Crippen molar-refractivity contribution in [3.05, 3.63) is 0 Å². The van der Waals surface area contributed by atoms with Gasteiger partial charge in [0.05, 0.1) is 0 Å². The van der Waals surface area contributed by atoms with Gasteiger partial charge in [0.2, 0.25) is 0 Å². The van der Waals surface area contributed by atoms with E-state index in [9.17, 15) is 0 Å². The van der Waals surface area contributed by atoms with Crippen LogP contribution in [0.4, 0.5) is 0 Å². The third-order valence-electron chi connectivity index (χ3n) is 0.722. The van der Waals surface area contributed by atoms with E-state index in [1.165, 1.54) is 0 Å². The van der Waals surface area contributed by atoms with Gasteiger partial charge in [-0.2, -0.15) is 0 Å². The molecule has 0 saturated carbocycles. The summed E-state index contributed by atoms with van der Waals surface area (Å²) in [5, 5.41) is 0. The van der Waals surface area contributed by atoms with Crippen LogP contribution < -0.4 is 3.30 Å². The molecule has 0 spiro atoms. The molecule has 8 heavy (non-hydrogen) atoms. The summed E-state index contributed by atoms with van der Waals surface area (Å²) in [6.45, 7) is 6.68. The Bertz CT molecular complexity index is 63.4. The predicted molar refractivity (Wildman–Crippen MR) is 40.4 cm³/mol. The summed E-state index contributed by atoms with van der Waals surface area (Å²) in [4.78, 5) is 0. The standard InChI is InChI=1S/C4H10N.2CH3.In/c1-4(2,3)5;;;/h5H,1-3H3;2*1H3;/q-1;;;+1. The topological polar surface area (TPSA) is 12.0 Å². The van der Waals surface area contributed by atoms with Crippen LogP contribution in [0, 0.1) is 0 Å². The van der Waals surface area contributed by atoms with Gasteiger partial charge < -0.3 is 0 Å². The molecule has 2 heteroatoms. The monoisotopic (exact) mass is 217 g/mol. The van der Waals surface area contributed by atoms with Crippen molar-refractivity contribution in [2.24, 2.45) is 0 Å². The zero-order chi connectivity index (χ0) is 6.78. The van der Waals surface area contributed by atoms with Gasteiger partial charge in [-0.1, -0.05) is 0 Å². The van der Waals surface area contributed by atoms with Crippen LogP contribution in [0.3, 0.4) is 0 Å². The Balaban J connectivity index is 3.39. The number of nitrogens with one attached hydrogen (secondary N) is 1. The molecule has 0 heterocycles. The molecule has 0 aromatic rings. The van der Waals surface area contributed by atoms with Crippen LogP contribution in [0.2, 0.25) is 9.36 Å². The van der Waals surface area contributed by atoms with Gasteiger partial charge in [-0.3, -0.25) is 0 Å². The Kier molecular flexibility index (Phi) is 3.44. The summed E-state index contributed by atoms with van der Waals surface area (Å²) in [5.74, 6) is 0. The molecule has 0 rings (SSSR count). The van der Waals surface area contributed by atoms with E-state index < -0.39 is 21.7 Å². The van der Waals surface area contributed by atoms with Gasteiger partial charge in [-0.05, 0) is 0 Å². The van der Waals surface area contributed by atoms with E-state index in [0.717, 1.165) is 0 Å². The van der Waals surface area contributed by atoms with Gasteiger partial charge in [0, 0.05) is 0 Å². The van der Waals surface area contributed by atoms with E-state index in [-0.39, 0.29) is 0 Å². The Morgan fingerprint density at radius 1 is 1.12 bits per heavy atom. The first-order chi connectivity index (χ1) is 3.42. The molecule has 0 amide bonds. The Morgan fingerprint density at radius 3 is 1.50 bits per heavy atom. The molecule has 0 atom stereocenters. The zero-order valence-corrected chi connectivity index (χ0v) is 9.87. The molecule has 0 fully saturated rings.